The molecule has 136 valence electrons. The van der Waals surface area contributed by atoms with Crippen LogP contribution in [0.1, 0.15) is 34.5 Å². The average Bonchev–Trinajstić information content (AvgIpc) is 3.41. The highest BCUT2D eigenvalue weighted by Gasteiger charge is 2.24. The molecule has 0 spiro atoms. The van der Waals surface area contributed by atoms with Gasteiger partial charge in [0, 0.05) is 31.2 Å². The Hall–Kier alpha value is -2.80. The van der Waals surface area contributed by atoms with E-state index < -0.39 is 0 Å². The normalized spacial score (nSPS) is 15.5. The summed E-state index contributed by atoms with van der Waals surface area (Å²) in [5.41, 5.74) is 2.61. The zero-order valence-corrected chi connectivity index (χ0v) is 14.7. The van der Waals surface area contributed by atoms with Gasteiger partial charge in [0.05, 0.1) is 18.0 Å². The highest BCUT2D eigenvalue weighted by Crippen LogP contribution is 2.23. The Labute approximate surface area is 151 Å². The number of hydrogen-bond donors (Lipinski definition) is 2. The molecule has 26 heavy (non-hydrogen) atoms. The van der Waals surface area contributed by atoms with Crippen molar-refractivity contribution < 1.29 is 13.6 Å². The van der Waals surface area contributed by atoms with E-state index >= 15 is 0 Å². The first kappa shape index (κ1) is 16.7. The third kappa shape index (κ3) is 3.43. The van der Waals surface area contributed by atoms with Gasteiger partial charge >= 0.3 is 0 Å². The predicted molar refractivity (Wildman–Crippen MR) is 95.5 cm³/mol. The van der Waals surface area contributed by atoms with Gasteiger partial charge < -0.3 is 19.1 Å². The zero-order valence-electron chi connectivity index (χ0n) is 14.7. The number of hydrogen-bond acceptors (Lipinski definition) is 5. The lowest BCUT2D eigenvalue weighted by Crippen LogP contribution is -2.44. The van der Waals surface area contributed by atoms with Gasteiger partial charge in [-0.05, 0) is 38.0 Å². The average molecular weight is 354 g/mol. The third-order valence-corrected chi connectivity index (χ3v) is 4.84. The lowest BCUT2D eigenvalue weighted by atomic mass is 10.0. The van der Waals surface area contributed by atoms with E-state index in [1.54, 1.807) is 6.07 Å². The van der Waals surface area contributed by atoms with Gasteiger partial charge in [-0.2, -0.15) is 5.10 Å². The number of carbonyl (C=O) groups excluding carboxylic acids is 1. The van der Waals surface area contributed by atoms with Gasteiger partial charge in [-0.1, -0.05) is 0 Å². The van der Waals surface area contributed by atoms with Crippen molar-refractivity contribution in [1.82, 2.24) is 20.4 Å². The first-order valence-corrected chi connectivity index (χ1v) is 8.84. The van der Waals surface area contributed by atoms with Gasteiger partial charge in [0.2, 0.25) is 0 Å². The fourth-order valence-corrected chi connectivity index (χ4v) is 3.34. The maximum Gasteiger partial charge on any atom is 0.257 e. The van der Waals surface area contributed by atoms with Crippen LogP contribution in [0.3, 0.4) is 0 Å². The fourth-order valence-electron chi connectivity index (χ4n) is 3.34. The lowest BCUT2D eigenvalue weighted by Gasteiger charge is -2.32. The maximum absolute atomic E-state index is 12.3. The Kier molecular flexibility index (Phi) is 4.62. The molecule has 1 aliphatic heterocycles. The van der Waals surface area contributed by atoms with Gasteiger partial charge in [0.1, 0.15) is 17.7 Å². The van der Waals surface area contributed by atoms with Crippen molar-refractivity contribution in [3.8, 4) is 11.5 Å². The third-order valence-electron chi connectivity index (χ3n) is 4.84. The number of nitrogens with zero attached hydrogens (tertiary/aromatic N) is 2. The van der Waals surface area contributed by atoms with Gasteiger partial charge in [-0.15, -0.1) is 0 Å². The molecule has 1 amide bonds. The minimum Gasteiger partial charge on any atom is -0.472 e. The van der Waals surface area contributed by atoms with Crippen molar-refractivity contribution in [3.63, 3.8) is 0 Å². The molecule has 1 aliphatic rings. The maximum atomic E-state index is 12.3. The molecule has 1 fully saturated rings. The molecule has 0 atom stereocenters. The molecular formula is C19H22N4O3. The molecule has 7 nitrogen and oxygen atoms in total. The van der Waals surface area contributed by atoms with E-state index in [0.29, 0.717) is 18.2 Å². The van der Waals surface area contributed by atoms with E-state index in [1.165, 1.54) is 12.5 Å². The van der Waals surface area contributed by atoms with E-state index in [9.17, 15) is 4.79 Å². The van der Waals surface area contributed by atoms with Crippen LogP contribution in [0.4, 0.5) is 0 Å². The molecule has 0 aliphatic carbocycles. The topological polar surface area (TPSA) is 87.3 Å². The smallest absolute Gasteiger partial charge is 0.257 e. The molecule has 0 aromatic carbocycles. The lowest BCUT2D eigenvalue weighted by molar-refractivity contribution is 0.0704. The molecule has 2 N–H and O–H groups in total. The number of aryl methyl sites for hydroxylation is 1. The summed E-state index contributed by atoms with van der Waals surface area (Å²) in [4.78, 5) is 14.2. The van der Waals surface area contributed by atoms with Crippen LogP contribution in [0, 0.1) is 6.92 Å². The number of aromatic nitrogens is 2. The largest absolute Gasteiger partial charge is 0.472 e. The summed E-state index contributed by atoms with van der Waals surface area (Å²) >= 11 is 0. The van der Waals surface area contributed by atoms with Crippen LogP contribution in [-0.4, -0.2) is 40.1 Å². The van der Waals surface area contributed by atoms with Gasteiger partial charge in [-0.25, -0.2) is 0 Å². The number of piperidine rings is 1. The van der Waals surface area contributed by atoms with E-state index in [2.05, 4.69) is 15.5 Å². The van der Waals surface area contributed by atoms with Crippen LogP contribution in [-0.2, 0) is 6.54 Å². The van der Waals surface area contributed by atoms with E-state index in [1.807, 2.05) is 30.2 Å². The van der Waals surface area contributed by atoms with Crippen LogP contribution in [0.25, 0.3) is 11.5 Å². The minimum atomic E-state index is 0.0440. The van der Waals surface area contributed by atoms with Crippen molar-refractivity contribution in [2.24, 2.45) is 0 Å². The number of H-pyrrole nitrogens is 1. The molecule has 3 aromatic heterocycles. The standard InChI is InChI=1S/C19H22N4O3/c1-13-2-3-17(26-13)18-15(11-21-22-18)10-20-16-4-7-23(8-5-16)19(24)14-6-9-25-12-14/h2-3,6,9,11-12,16,20H,4-5,7-8,10H2,1H3,(H,21,22). The molecular weight excluding hydrogens is 332 g/mol. The number of amides is 1. The summed E-state index contributed by atoms with van der Waals surface area (Å²) in [5, 5.41) is 10.7. The molecule has 0 radical (unpaired) electrons. The minimum absolute atomic E-state index is 0.0440. The number of aromatic amines is 1. The van der Waals surface area contributed by atoms with Crippen molar-refractivity contribution in [2.75, 3.05) is 13.1 Å². The molecule has 4 heterocycles. The predicted octanol–water partition coefficient (Wildman–Crippen LogP) is 2.97. The molecule has 0 saturated carbocycles. The number of furan rings is 2. The van der Waals surface area contributed by atoms with Crippen LogP contribution in [0.5, 0.6) is 0 Å². The van der Waals surface area contributed by atoms with Crippen molar-refractivity contribution >= 4 is 5.91 Å². The summed E-state index contributed by atoms with van der Waals surface area (Å²) in [6.07, 6.45) is 6.72. The van der Waals surface area contributed by atoms with Gasteiger partial charge in [0.25, 0.3) is 5.91 Å². The van der Waals surface area contributed by atoms with E-state index in [4.69, 9.17) is 8.83 Å². The number of rotatable bonds is 5. The van der Waals surface area contributed by atoms with Crippen molar-refractivity contribution in [1.29, 1.82) is 0 Å². The fraction of sp³-hybridized carbons (Fsp3) is 0.368. The van der Waals surface area contributed by atoms with E-state index in [0.717, 1.165) is 48.7 Å². The summed E-state index contributed by atoms with van der Waals surface area (Å²) in [5.74, 6) is 1.73. The Bertz CT molecular complexity index is 857. The molecule has 0 bridgehead atoms. The number of nitrogens with one attached hydrogen (secondary N) is 2. The SMILES string of the molecule is Cc1ccc(-c2[nH]ncc2CNC2CCN(C(=O)c3ccoc3)CC2)o1. The van der Waals surface area contributed by atoms with Crippen molar-refractivity contribution in [2.45, 2.75) is 32.4 Å². The highest BCUT2D eigenvalue weighted by molar-refractivity contribution is 5.93. The van der Waals surface area contributed by atoms with Crippen LogP contribution >= 0.6 is 0 Å². The Morgan fingerprint density at radius 2 is 2.19 bits per heavy atom. The quantitative estimate of drug-likeness (QED) is 0.735. The summed E-state index contributed by atoms with van der Waals surface area (Å²) in [6.45, 7) is 4.14. The van der Waals surface area contributed by atoms with E-state index in [-0.39, 0.29) is 5.91 Å². The Morgan fingerprint density at radius 3 is 2.88 bits per heavy atom. The van der Waals surface area contributed by atoms with Crippen molar-refractivity contribution in [3.05, 3.63) is 53.8 Å². The summed E-state index contributed by atoms with van der Waals surface area (Å²) in [6, 6.07) is 5.99. The molecule has 7 heteroatoms. The first-order valence-electron chi connectivity index (χ1n) is 8.84. The molecule has 3 aromatic rings. The Balaban J connectivity index is 1.31. The zero-order chi connectivity index (χ0) is 17.9. The Morgan fingerprint density at radius 1 is 1.35 bits per heavy atom. The van der Waals surface area contributed by atoms with Gasteiger partial charge in [-0.3, -0.25) is 9.89 Å². The highest BCUT2D eigenvalue weighted by atomic mass is 16.3. The molecule has 1 saturated heterocycles. The molecule has 4 rings (SSSR count). The summed E-state index contributed by atoms with van der Waals surface area (Å²) < 4.78 is 10.7. The molecule has 0 unspecified atom stereocenters. The van der Waals surface area contributed by atoms with Crippen LogP contribution in [0.15, 0.2) is 45.8 Å². The van der Waals surface area contributed by atoms with Crippen LogP contribution < -0.4 is 5.32 Å². The summed E-state index contributed by atoms with van der Waals surface area (Å²) in [7, 11) is 0. The number of likely N-dealkylation sites (tertiary alicyclic amines) is 1. The van der Waals surface area contributed by atoms with Crippen LogP contribution in [0.2, 0.25) is 0 Å². The number of carbonyl (C=O) groups is 1. The second kappa shape index (κ2) is 7.21. The second-order valence-corrected chi connectivity index (χ2v) is 6.64. The first-order chi connectivity index (χ1) is 12.7. The monoisotopic (exact) mass is 354 g/mol. The second-order valence-electron chi connectivity index (χ2n) is 6.64. The van der Waals surface area contributed by atoms with Gasteiger partial charge in [0.15, 0.2) is 5.76 Å².